The molecule has 28 heavy (non-hydrogen) atoms. The average molecular weight is 382 g/mol. The molecule has 0 bridgehead atoms. The van der Waals surface area contributed by atoms with Crippen LogP contribution in [0.2, 0.25) is 0 Å². The van der Waals surface area contributed by atoms with Crippen LogP contribution in [0, 0.1) is 21.8 Å². The first-order valence-corrected chi connectivity index (χ1v) is 8.75. The molecule has 0 aliphatic carbocycles. The Morgan fingerprint density at radius 3 is 2.64 bits per heavy atom. The summed E-state index contributed by atoms with van der Waals surface area (Å²) in [5, 5.41) is 18.3. The lowest BCUT2D eigenvalue weighted by Gasteiger charge is -2.09. The number of carbonyl (C=O) groups excluding carboxylic acids is 1. The topological polar surface area (TPSA) is 90.1 Å². The highest BCUT2D eigenvalue weighted by molar-refractivity contribution is 5.94. The lowest BCUT2D eigenvalue weighted by atomic mass is 10.1. The Morgan fingerprint density at radius 1 is 1.21 bits per heavy atom. The second-order valence-corrected chi connectivity index (χ2v) is 6.69. The summed E-state index contributed by atoms with van der Waals surface area (Å²) in [6, 6.07) is 13.4. The number of aromatic nitrogens is 2. The molecule has 2 aromatic carbocycles. The Kier molecular flexibility index (Phi) is 5.49. The van der Waals surface area contributed by atoms with Crippen molar-refractivity contribution in [2.75, 3.05) is 6.54 Å². The molecule has 3 rings (SSSR count). The molecule has 1 aromatic heterocycles. The molecule has 0 aliphatic heterocycles. The molecule has 0 radical (unpaired) electrons. The zero-order chi connectivity index (χ0) is 20.3. The lowest BCUT2D eigenvalue weighted by molar-refractivity contribution is -0.384. The van der Waals surface area contributed by atoms with Crippen LogP contribution in [-0.4, -0.2) is 27.2 Å². The quantitative estimate of drug-likeness (QED) is 0.516. The van der Waals surface area contributed by atoms with Crippen molar-refractivity contribution in [1.29, 1.82) is 0 Å². The van der Waals surface area contributed by atoms with Gasteiger partial charge in [0.15, 0.2) is 0 Å². The molecule has 0 spiro atoms. The fraction of sp³-hybridized carbons (Fsp3) is 0.200. The average Bonchev–Trinajstić information content (AvgIpc) is 3.11. The maximum atomic E-state index is 14.2. The number of hydrogen-bond donors (Lipinski definition) is 1. The summed E-state index contributed by atoms with van der Waals surface area (Å²) >= 11 is 0. The van der Waals surface area contributed by atoms with E-state index in [4.69, 9.17) is 0 Å². The number of nitro benzene ring substituents is 1. The van der Waals surface area contributed by atoms with Crippen LogP contribution >= 0.6 is 0 Å². The van der Waals surface area contributed by atoms with E-state index in [9.17, 15) is 19.3 Å². The summed E-state index contributed by atoms with van der Waals surface area (Å²) in [4.78, 5) is 23.3. The maximum absolute atomic E-state index is 14.2. The second kappa shape index (κ2) is 7.99. The third kappa shape index (κ3) is 4.06. The van der Waals surface area contributed by atoms with Crippen molar-refractivity contribution in [2.24, 2.45) is 5.92 Å². The zero-order valence-corrected chi connectivity index (χ0v) is 15.4. The number of halogens is 1. The highest BCUT2D eigenvalue weighted by Crippen LogP contribution is 2.25. The number of benzene rings is 2. The molecule has 1 N–H and O–H groups in total. The van der Waals surface area contributed by atoms with E-state index in [-0.39, 0.29) is 28.6 Å². The summed E-state index contributed by atoms with van der Waals surface area (Å²) in [6.45, 7) is 4.37. The molecule has 0 saturated carbocycles. The minimum atomic E-state index is -0.525. The molecule has 3 aromatic rings. The lowest BCUT2D eigenvalue weighted by Crippen LogP contribution is -2.29. The molecule has 0 unspecified atom stereocenters. The summed E-state index contributed by atoms with van der Waals surface area (Å²) < 4.78 is 15.5. The minimum Gasteiger partial charge on any atom is -0.350 e. The number of amides is 1. The second-order valence-electron chi connectivity index (χ2n) is 6.69. The monoisotopic (exact) mass is 382 g/mol. The number of hydrogen-bond acceptors (Lipinski definition) is 4. The van der Waals surface area contributed by atoms with Crippen molar-refractivity contribution in [1.82, 2.24) is 15.1 Å². The summed E-state index contributed by atoms with van der Waals surface area (Å²) in [6.07, 6.45) is 0. The van der Waals surface area contributed by atoms with Gasteiger partial charge in [0.25, 0.3) is 11.6 Å². The van der Waals surface area contributed by atoms with Crippen LogP contribution < -0.4 is 5.32 Å². The summed E-state index contributed by atoms with van der Waals surface area (Å²) in [5.41, 5.74) is 0.878. The van der Waals surface area contributed by atoms with Gasteiger partial charge >= 0.3 is 0 Å². The third-order valence-corrected chi connectivity index (χ3v) is 4.05. The van der Waals surface area contributed by atoms with Crippen LogP contribution in [0.4, 0.5) is 10.1 Å². The minimum absolute atomic E-state index is 0.131. The van der Waals surface area contributed by atoms with Crippen molar-refractivity contribution in [2.45, 2.75) is 13.8 Å². The SMILES string of the molecule is CC(C)CNC(=O)c1cc(-c2ccccc2F)nn1-c1cccc([N+](=O)[O-])c1. The van der Waals surface area contributed by atoms with Crippen LogP contribution in [0.25, 0.3) is 16.9 Å². The smallest absolute Gasteiger partial charge is 0.271 e. The van der Waals surface area contributed by atoms with Gasteiger partial charge in [-0.3, -0.25) is 14.9 Å². The van der Waals surface area contributed by atoms with Crippen molar-refractivity contribution in [3.8, 4) is 16.9 Å². The van der Waals surface area contributed by atoms with Gasteiger partial charge in [-0.25, -0.2) is 9.07 Å². The number of carbonyl (C=O) groups is 1. The molecule has 1 amide bonds. The van der Waals surface area contributed by atoms with Gasteiger partial charge in [-0.15, -0.1) is 0 Å². The van der Waals surface area contributed by atoms with Crippen LogP contribution in [0.15, 0.2) is 54.6 Å². The number of nitro groups is 1. The highest BCUT2D eigenvalue weighted by Gasteiger charge is 2.20. The Labute approximate surface area is 161 Å². The molecule has 1 heterocycles. The first-order valence-electron chi connectivity index (χ1n) is 8.75. The molecular formula is C20H19FN4O3. The Morgan fingerprint density at radius 2 is 1.96 bits per heavy atom. The Hall–Kier alpha value is -3.55. The van der Waals surface area contributed by atoms with E-state index in [1.165, 1.54) is 35.0 Å². The molecular weight excluding hydrogens is 363 g/mol. The molecule has 0 atom stereocenters. The van der Waals surface area contributed by atoms with Crippen molar-refractivity contribution in [3.63, 3.8) is 0 Å². The number of rotatable bonds is 6. The third-order valence-electron chi connectivity index (χ3n) is 4.05. The Bertz CT molecular complexity index is 1030. The number of nitrogens with one attached hydrogen (secondary N) is 1. The fourth-order valence-electron chi connectivity index (χ4n) is 2.67. The van der Waals surface area contributed by atoms with Crippen LogP contribution in [0.1, 0.15) is 24.3 Å². The molecule has 144 valence electrons. The number of non-ortho nitro benzene ring substituents is 1. The van der Waals surface area contributed by atoms with Gasteiger partial charge < -0.3 is 5.32 Å². The van der Waals surface area contributed by atoms with Crippen molar-refractivity contribution in [3.05, 3.63) is 76.2 Å². The first-order chi connectivity index (χ1) is 13.4. The van der Waals surface area contributed by atoms with Crippen LogP contribution in [0.3, 0.4) is 0 Å². The van der Waals surface area contributed by atoms with E-state index in [1.807, 2.05) is 13.8 Å². The van der Waals surface area contributed by atoms with Crippen LogP contribution in [-0.2, 0) is 0 Å². The molecule has 0 saturated heterocycles. The normalized spacial score (nSPS) is 10.9. The van der Waals surface area contributed by atoms with E-state index in [0.29, 0.717) is 12.2 Å². The maximum Gasteiger partial charge on any atom is 0.271 e. The van der Waals surface area contributed by atoms with E-state index < -0.39 is 16.6 Å². The van der Waals surface area contributed by atoms with E-state index in [2.05, 4.69) is 10.4 Å². The van der Waals surface area contributed by atoms with Crippen molar-refractivity contribution < 1.29 is 14.1 Å². The first kappa shape index (κ1) is 19.2. The molecule has 8 heteroatoms. The van der Waals surface area contributed by atoms with E-state index in [1.54, 1.807) is 24.3 Å². The van der Waals surface area contributed by atoms with Gasteiger partial charge in [-0.1, -0.05) is 32.0 Å². The zero-order valence-electron chi connectivity index (χ0n) is 15.4. The van der Waals surface area contributed by atoms with Gasteiger partial charge in [-0.2, -0.15) is 5.10 Å². The van der Waals surface area contributed by atoms with Gasteiger partial charge in [0.2, 0.25) is 0 Å². The number of nitrogens with zero attached hydrogens (tertiary/aromatic N) is 3. The van der Waals surface area contributed by atoms with Crippen molar-refractivity contribution >= 4 is 11.6 Å². The van der Waals surface area contributed by atoms with Gasteiger partial charge in [0.05, 0.1) is 16.3 Å². The highest BCUT2D eigenvalue weighted by atomic mass is 19.1. The summed E-state index contributed by atoms with van der Waals surface area (Å²) in [5.74, 6) is -0.625. The standard InChI is InChI=1S/C20H19FN4O3/c1-13(2)12-22-20(26)19-11-18(16-8-3-4-9-17(16)21)23-24(19)14-6-5-7-15(10-14)25(27)28/h3-11,13H,12H2,1-2H3,(H,22,26). The van der Waals surface area contributed by atoms with Gasteiger partial charge in [0.1, 0.15) is 11.5 Å². The van der Waals surface area contributed by atoms with Crippen LogP contribution in [0.5, 0.6) is 0 Å². The van der Waals surface area contributed by atoms with Gasteiger partial charge in [0, 0.05) is 24.2 Å². The predicted molar refractivity (Wildman–Crippen MR) is 103 cm³/mol. The molecule has 7 nitrogen and oxygen atoms in total. The van der Waals surface area contributed by atoms with Gasteiger partial charge in [-0.05, 0) is 30.2 Å². The largest absolute Gasteiger partial charge is 0.350 e. The molecule has 0 fully saturated rings. The van der Waals surface area contributed by atoms with E-state index in [0.717, 1.165) is 0 Å². The predicted octanol–water partition coefficient (Wildman–Crippen LogP) is 3.97. The summed E-state index contributed by atoms with van der Waals surface area (Å²) in [7, 11) is 0. The fourth-order valence-corrected chi connectivity index (χ4v) is 2.67. The molecule has 0 aliphatic rings. The Balaban J connectivity index is 2.11. The van der Waals surface area contributed by atoms with E-state index >= 15 is 0 Å².